The van der Waals surface area contributed by atoms with Gasteiger partial charge in [-0.25, -0.2) is 32.5 Å². The first-order valence-corrected chi connectivity index (χ1v) is 11.3. The average Bonchev–Trinajstić information content (AvgIpc) is 3.20. The van der Waals surface area contributed by atoms with Gasteiger partial charge in [-0.05, 0) is 19.1 Å². The second-order valence-corrected chi connectivity index (χ2v) is 8.58. The number of aromatic amines is 1. The molecule has 0 bridgehead atoms. The number of allylic oxidation sites excluding steroid dienone is 1. The maximum Gasteiger partial charge on any atom is 0.279 e. The quantitative estimate of drug-likeness (QED) is 0.308. The molecule has 3 atom stereocenters. The number of imidazole rings is 1. The molecule has 0 aliphatic carbocycles. The van der Waals surface area contributed by atoms with Gasteiger partial charge in [0.1, 0.15) is 24.2 Å². The summed E-state index contributed by atoms with van der Waals surface area (Å²) in [7, 11) is 0. The molecular weight excluding hydrogens is 450 g/mol. The van der Waals surface area contributed by atoms with E-state index >= 15 is 0 Å². The summed E-state index contributed by atoms with van der Waals surface area (Å²) in [6, 6.07) is 1.04. The van der Waals surface area contributed by atoms with Crippen LogP contribution in [0.25, 0.3) is 17.5 Å². The molecule has 2 aromatic heterocycles. The van der Waals surface area contributed by atoms with Crippen LogP contribution in [0.2, 0.25) is 0 Å². The largest absolute Gasteiger partial charge is 0.598 e. The predicted octanol–water partition coefficient (Wildman–Crippen LogP) is 2.90. The molecule has 0 amide bonds. The molecule has 0 radical (unpaired) electrons. The maximum atomic E-state index is 14.5. The molecule has 1 fully saturated rings. The van der Waals surface area contributed by atoms with Crippen molar-refractivity contribution in [1.82, 2.24) is 24.7 Å². The van der Waals surface area contributed by atoms with E-state index in [-0.39, 0.29) is 25.3 Å². The average molecular weight is 474 g/mol. The number of halogens is 4. The number of alkyl halides is 4. The van der Waals surface area contributed by atoms with Crippen LogP contribution < -0.4 is 9.62 Å². The van der Waals surface area contributed by atoms with Crippen LogP contribution >= 0.6 is 0 Å². The summed E-state index contributed by atoms with van der Waals surface area (Å²) in [4.78, 5) is 17.1. The van der Waals surface area contributed by atoms with Crippen molar-refractivity contribution in [3.63, 3.8) is 0 Å². The van der Waals surface area contributed by atoms with E-state index in [1.54, 1.807) is 17.9 Å². The van der Waals surface area contributed by atoms with Gasteiger partial charge in [-0.15, -0.1) is 4.72 Å². The van der Waals surface area contributed by atoms with Crippen LogP contribution in [-0.2, 0) is 11.4 Å². The van der Waals surface area contributed by atoms with Gasteiger partial charge in [-0.3, -0.25) is 5.41 Å². The van der Waals surface area contributed by atoms with E-state index in [0.717, 1.165) is 6.08 Å². The fraction of sp³-hybridized carbons (Fsp3) is 0.474. The molecule has 0 aromatic carbocycles. The Morgan fingerprint density at radius 2 is 2.19 bits per heavy atom. The van der Waals surface area contributed by atoms with E-state index in [1.165, 1.54) is 24.9 Å². The van der Waals surface area contributed by atoms with Gasteiger partial charge in [0, 0.05) is 36.4 Å². The SMILES string of the molecule is CC1C(CN[S+](C)[O-])C(F)(F)CCN1c1cc(-c2cnc(/C=C\C(=N)C(F)F)[nH]2)ncn1. The molecule has 32 heavy (non-hydrogen) atoms. The van der Waals surface area contributed by atoms with Crippen LogP contribution in [-0.4, -0.2) is 67.9 Å². The monoisotopic (exact) mass is 473 g/mol. The van der Waals surface area contributed by atoms with Crippen molar-refractivity contribution in [2.45, 2.75) is 31.7 Å². The molecule has 8 nitrogen and oxygen atoms in total. The van der Waals surface area contributed by atoms with Gasteiger partial charge in [0.05, 0.1) is 35.8 Å². The highest BCUT2D eigenvalue weighted by Crippen LogP contribution is 2.39. The van der Waals surface area contributed by atoms with Crippen molar-refractivity contribution in [3.05, 3.63) is 30.5 Å². The normalized spacial score (nSPS) is 21.9. The number of hydrogen-bond donors (Lipinski definition) is 3. The molecule has 1 aliphatic heterocycles. The number of rotatable bonds is 8. The number of nitrogens with one attached hydrogen (secondary N) is 3. The van der Waals surface area contributed by atoms with Crippen molar-refractivity contribution >= 4 is 29.0 Å². The number of piperidine rings is 1. The second-order valence-electron chi connectivity index (χ2n) is 7.39. The van der Waals surface area contributed by atoms with Gasteiger partial charge in [-0.2, -0.15) is 0 Å². The van der Waals surface area contributed by atoms with Crippen LogP contribution in [0.5, 0.6) is 0 Å². The first-order chi connectivity index (χ1) is 15.1. The lowest BCUT2D eigenvalue weighted by molar-refractivity contribution is -0.0824. The highest BCUT2D eigenvalue weighted by molar-refractivity contribution is 7.88. The molecule has 0 spiro atoms. The Labute approximate surface area is 185 Å². The number of aromatic nitrogens is 4. The van der Waals surface area contributed by atoms with E-state index in [0.29, 0.717) is 17.2 Å². The Hall–Kier alpha value is -2.51. The van der Waals surface area contributed by atoms with Crippen molar-refractivity contribution in [1.29, 1.82) is 5.41 Å². The van der Waals surface area contributed by atoms with Gasteiger partial charge in [0.15, 0.2) is 0 Å². The van der Waals surface area contributed by atoms with Crippen LogP contribution in [0.1, 0.15) is 19.2 Å². The number of H-pyrrole nitrogens is 1. The molecule has 3 heterocycles. The van der Waals surface area contributed by atoms with Gasteiger partial charge in [0.2, 0.25) is 0 Å². The summed E-state index contributed by atoms with van der Waals surface area (Å²) in [6.07, 6.45) is 3.12. The molecule has 3 N–H and O–H groups in total. The fourth-order valence-corrected chi connectivity index (χ4v) is 3.94. The summed E-state index contributed by atoms with van der Waals surface area (Å²) in [5.74, 6) is -3.26. The Morgan fingerprint density at radius 3 is 2.88 bits per heavy atom. The van der Waals surface area contributed by atoms with Crippen LogP contribution in [0.3, 0.4) is 0 Å². The number of anilines is 1. The molecule has 1 aliphatic rings. The Balaban J connectivity index is 1.79. The lowest BCUT2D eigenvalue weighted by Gasteiger charge is -2.44. The maximum absolute atomic E-state index is 14.5. The second kappa shape index (κ2) is 9.96. The van der Waals surface area contributed by atoms with Gasteiger partial charge in [-0.1, -0.05) is 0 Å². The molecule has 1 saturated heterocycles. The summed E-state index contributed by atoms with van der Waals surface area (Å²) in [5, 5.41) is 7.14. The van der Waals surface area contributed by atoms with Gasteiger partial charge < -0.3 is 14.4 Å². The highest BCUT2D eigenvalue weighted by Gasteiger charge is 2.48. The first kappa shape index (κ1) is 24.1. The summed E-state index contributed by atoms with van der Waals surface area (Å²) in [6.45, 7) is 1.66. The molecule has 174 valence electrons. The molecule has 3 unspecified atom stereocenters. The molecule has 2 aromatic rings. The minimum Gasteiger partial charge on any atom is -0.598 e. The minimum atomic E-state index is -2.91. The fourth-order valence-electron chi connectivity index (χ4n) is 3.52. The third-order valence-corrected chi connectivity index (χ3v) is 5.86. The van der Waals surface area contributed by atoms with Crippen LogP contribution in [0.15, 0.2) is 24.7 Å². The predicted molar refractivity (Wildman–Crippen MR) is 114 cm³/mol. The molecular formula is C19H23F4N7OS. The highest BCUT2D eigenvalue weighted by atomic mass is 32.2. The lowest BCUT2D eigenvalue weighted by Crippen LogP contribution is -2.56. The zero-order chi connectivity index (χ0) is 23.5. The van der Waals surface area contributed by atoms with E-state index in [4.69, 9.17) is 5.41 Å². The van der Waals surface area contributed by atoms with Crippen molar-refractivity contribution in [3.8, 4) is 11.4 Å². The molecule has 3 rings (SSSR count). The summed E-state index contributed by atoms with van der Waals surface area (Å²) >= 11 is -1.40. The third-order valence-electron chi connectivity index (χ3n) is 5.28. The van der Waals surface area contributed by atoms with E-state index in [9.17, 15) is 22.1 Å². The first-order valence-electron chi connectivity index (χ1n) is 9.72. The van der Waals surface area contributed by atoms with Crippen molar-refractivity contribution in [2.24, 2.45) is 5.92 Å². The standard InChI is InChI=1S/C19H23F4N7OS/c1-11-12(8-28-32(2)31)19(22,23)5-6-30(11)17-7-14(26-10-27-17)15-9-25-16(29-15)4-3-13(24)18(20)21/h3-4,7,9-12,18,24,28H,5-6,8H2,1-2H3,(H,25,29)/b4-3-,24-13?. The zero-order valence-electron chi connectivity index (χ0n) is 17.4. The van der Waals surface area contributed by atoms with E-state index < -0.39 is 41.4 Å². The van der Waals surface area contributed by atoms with E-state index in [2.05, 4.69) is 24.7 Å². The smallest absolute Gasteiger partial charge is 0.279 e. The zero-order valence-corrected chi connectivity index (χ0v) is 18.2. The number of nitrogens with zero attached hydrogens (tertiary/aromatic N) is 4. The van der Waals surface area contributed by atoms with E-state index in [1.807, 2.05) is 0 Å². The number of hydrogen-bond acceptors (Lipinski definition) is 7. The summed E-state index contributed by atoms with van der Waals surface area (Å²) < 4.78 is 67.8. The third kappa shape index (κ3) is 5.64. The molecule has 0 saturated carbocycles. The van der Waals surface area contributed by atoms with Crippen molar-refractivity contribution in [2.75, 3.05) is 24.2 Å². The topological polar surface area (TPSA) is 117 Å². The summed E-state index contributed by atoms with van der Waals surface area (Å²) in [5.41, 5.74) is 0.0885. The lowest BCUT2D eigenvalue weighted by atomic mass is 9.86. The van der Waals surface area contributed by atoms with Crippen molar-refractivity contribution < 1.29 is 22.1 Å². The van der Waals surface area contributed by atoms with Crippen LogP contribution in [0, 0.1) is 11.3 Å². The molecule has 13 heteroatoms. The minimum absolute atomic E-state index is 0.0863. The Bertz CT molecular complexity index is 969. The van der Waals surface area contributed by atoms with Gasteiger partial charge >= 0.3 is 0 Å². The van der Waals surface area contributed by atoms with Crippen LogP contribution in [0.4, 0.5) is 23.4 Å². The Kier molecular flexibility index (Phi) is 7.51. The van der Waals surface area contributed by atoms with Gasteiger partial charge in [0.25, 0.3) is 12.3 Å². The Morgan fingerprint density at radius 1 is 1.44 bits per heavy atom.